The molecule has 11 heavy (non-hydrogen) atoms. The van der Waals surface area contributed by atoms with Crippen LogP contribution in [0.1, 0.15) is 20.3 Å². The van der Waals surface area contributed by atoms with E-state index in [1.54, 1.807) is 6.08 Å². The van der Waals surface area contributed by atoms with E-state index in [-0.39, 0.29) is 12.1 Å². The van der Waals surface area contributed by atoms with Crippen molar-refractivity contribution in [3.05, 3.63) is 24.8 Å². The van der Waals surface area contributed by atoms with Crippen LogP contribution in [-0.2, 0) is 9.53 Å². The number of carbonyl (C=O) groups excluding carboxylic acids is 1. The maximum Gasteiger partial charge on any atom is 0.303 e. The summed E-state index contributed by atoms with van der Waals surface area (Å²) >= 11 is 0. The van der Waals surface area contributed by atoms with Gasteiger partial charge in [-0.25, -0.2) is 0 Å². The fourth-order valence-electron chi connectivity index (χ4n) is 0.758. The topological polar surface area (TPSA) is 26.3 Å². The second-order valence-corrected chi connectivity index (χ2v) is 2.20. The number of hydrogen-bond donors (Lipinski definition) is 0. The fourth-order valence-corrected chi connectivity index (χ4v) is 0.758. The van der Waals surface area contributed by atoms with Gasteiger partial charge in [0.15, 0.2) is 0 Å². The molecule has 0 amide bonds. The predicted octanol–water partition coefficient (Wildman–Crippen LogP) is 2.07. The summed E-state index contributed by atoms with van der Waals surface area (Å²) in [6.45, 7) is 6.86. The number of allylic oxidation sites excluding steroid dienone is 1. The van der Waals surface area contributed by atoms with Crippen molar-refractivity contribution in [2.45, 2.75) is 26.4 Å². The molecule has 0 spiro atoms. The van der Waals surface area contributed by atoms with E-state index in [4.69, 9.17) is 4.74 Å². The van der Waals surface area contributed by atoms with E-state index >= 15 is 0 Å². The quantitative estimate of drug-likeness (QED) is 0.457. The molecule has 0 saturated heterocycles. The van der Waals surface area contributed by atoms with Crippen LogP contribution in [0.2, 0.25) is 0 Å². The van der Waals surface area contributed by atoms with Gasteiger partial charge in [0.25, 0.3) is 0 Å². The Morgan fingerprint density at radius 2 is 2.36 bits per heavy atom. The van der Waals surface area contributed by atoms with E-state index in [0.29, 0.717) is 6.42 Å². The molecule has 0 aliphatic heterocycles. The lowest BCUT2D eigenvalue weighted by atomic mass is 10.2. The third-order valence-corrected chi connectivity index (χ3v) is 1.12. The van der Waals surface area contributed by atoms with E-state index in [2.05, 4.69) is 6.58 Å². The molecule has 0 rings (SSSR count). The lowest BCUT2D eigenvalue weighted by Crippen LogP contribution is -2.12. The Hall–Kier alpha value is -1.05. The highest BCUT2D eigenvalue weighted by molar-refractivity contribution is 5.66. The molecule has 0 bridgehead atoms. The molecular formula is C9H14O2. The Bertz CT molecular complexity index is 159. The fraction of sp³-hybridized carbons (Fsp3) is 0.444. The smallest absolute Gasteiger partial charge is 0.303 e. The van der Waals surface area contributed by atoms with Gasteiger partial charge >= 0.3 is 5.97 Å². The molecule has 0 heterocycles. The summed E-state index contributed by atoms with van der Waals surface area (Å²) in [6.07, 6.45) is 5.95. The first-order chi connectivity index (χ1) is 5.20. The van der Waals surface area contributed by atoms with Crippen molar-refractivity contribution in [2.75, 3.05) is 0 Å². The molecule has 62 valence electrons. The van der Waals surface area contributed by atoms with Crippen molar-refractivity contribution in [1.82, 2.24) is 0 Å². The Morgan fingerprint density at radius 3 is 2.73 bits per heavy atom. The molecule has 0 aromatic rings. The predicted molar refractivity (Wildman–Crippen MR) is 45.2 cm³/mol. The number of ether oxygens (including phenoxy) is 1. The van der Waals surface area contributed by atoms with Crippen molar-refractivity contribution in [2.24, 2.45) is 0 Å². The number of carbonyl (C=O) groups is 1. The van der Waals surface area contributed by atoms with Crippen LogP contribution < -0.4 is 0 Å². The largest absolute Gasteiger partial charge is 0.458 e. The molecule has 0 N–H and O–H groups in total. The second-order valence-electron chi connectivity index (χ2n) is 2.20. The highest BCUT2D eigenvalue weighted by Gasteiger charge is 2.03. The van der Waals surface area contributed by atoms with E-state index in [0.717, 1.165) is 0 Å². The lowest BCUT2D eigenvalue weighted by molar-refractivity contribution is -0.143. The van der Waals surface area contributed by atoms with E-state index in [9.17, 15) is 4.79 Å². The monoisotopic (exact) mass is 154 g/mol. The first-order valence-corrected chi connectivity index (χ1v) is 3.61. The van der Waals surface area contributed by atoms with Crippen molar-refractivity contribution >= 4 is 5.97 Å². The number of esters is 1. The second kappa shape index (κ2) is 5.71. The van der Waals surface area contributed by atoms with Gasteiger partial charge in [0, 0.05) is 13.3 Å². The number of hydrogen-bond acceptors (Lipinski definition) is 2. The third kappa shape index (κ3) is 5.40. The zero-order chi connectivity index (χ0) is 8.69. The first kappa shape index (κ1) is 9.95. The van der Waals surface area contributed by atoms with E-state index < -0.39 is 0 Å². The van der Waals surface area contributed by atoms with Crippen LogP contribution in [0.5, 0.6) is 0 Å². The summed E-state index contributed by atoms with van der Waals surface area (Å²) in [5.41, 5.74) is 0. The summed E-state index contributed by atoms with van der Waals surface area (Å²) in [5, 5.41) is 0. The van der Waals surface area contributed by atoms with Crippen LogP contribution in [0.3, 0.4) is 0 Å². The minimum absolute atomic E-state index is 0.144. The molecule has 0 aliphatic carbocycles. The molecule has 0 aliphatic rings. The SMILES string of the molecule is C=CC[C@@H](/C=C/C)OC(C)=O. The Balaban J connectivity index is 3.87. The van der Waals surface area contributed by atoms with Crippen LogP contribution in [-0.4, -0.2) is 12.1 Å². The summed E-state index contributed by atoms with van der Waals surface area (Å²) in [7, 11) is 0. The highest BCUT2D eigenvalue weighted by Crippen LogP contribution is 2.01. The van der Waals surface area contributed by atoms with Gasteiger partial charge in [-0.2, -0.15) is 0 Å². The minimum atomic E-state index is -0.255. The summed E-state index contributed by atoms with van der Waals surface area (Å²) in [4.78, 5) is 10.5. The third-order valence-electron chi connectivity index (χ3n) is 1.12. The molecule has 0 aromatic heterocycles. The van der Waals surface area contributed by atoms with Gasteiger partial charge in [-0.15, -0.1) is 6.58 Å². The van der Waals surface area contributed by atoms with Gasteiger partial charge < -0.3 is 4.74 Å². The van der Waals surface area contributed by atoms with Crippen LogP contribution in [0.4, 0.5) is 0 Å². The molecular weight excluding hydrogens is 140 g/mol. The zero-order valence-electron chi connectivity index (χ0n) is 7.04. The van der Waals surface area contributed by atoms with Gasteiger partial charge in [-0.1, -0.05) is 12.2 Å². The van der Waals surface area contributed by atoms with Crippen LogP contribution in [0, 0.1) is 0 Å². The van der Waals surface area contributed by atoms with Gasteiger partial charge in [0.05, 0.1) is 0 Å². The van der Waals surface area contributed by atoms with Gasteiger partial charge in [0.1, 0.15) is 6.10 Å². The van der Waals surface area contributed by atoms with E-state index in [1.165, 1.54) is 6.92 Å². The summed E-state index contributed by atoms with van der Waals surface area (Å²) in [6, 6.07) is 0. The number of rotatable bonds is 4. The van der Waals surface area contributed by atoms with E-state index in [1.807, 2.05) is 19.1 Å². The molecule has 0 saturated carbocycles. The highest BCUT2D eigenvalue weighted by atomic mass is 16.5. The minimum Gasteiger partial charge on any atom is -0.458 e. The zero-order valence-corrected chi connectivity index (χ0v) is 7.04. The molecule has 0 radical (unpaired) electrons. The summed E-state index contributed by atoms with van der Waals surface area (Å²) in [5.74, 6) is -0.255. The van der Waals surface area contributed by atoms with Crippen molar-refractivity contribution in [3.8, 4) is 0 Å². The average Bonchev–Trinajstić information content (AvgIpc) is 1.87. The Morgan fingerprint density at radius 1 is 1.73 bits per heavy atom. The molecule has 0 unspecified atom stereocenters. The standard InChI is InChI=1S/C9H14O2/c1-4-6-9(7-5-2)11-8(3)10/h4-5,7,9H,1,6H2,2-3H3/b7-5+/t9-/m0/s1. The molecule has 0 fully saturated rings. The Labute approximate surface area is 67.6 Å². The first-order valence-electron chi connectivity index (χ1n) is 3.61. The van der Waals surface area contributed by atoms with Crippen molar-refractivity contribution in [1.29, 1.82) is 0 Å². The molecule has 2 heteroatoms. The van der Waals surface area contributed by atoms with Gasteiger partial charge in [0.2, 0.25) is 0 Å². The summed E-state index contributed by atoms with van der Waals surface area (Å²) < 4.78 is 4.93. The normalized spacial score (nSPS) is 12.9. The Kier molecular flexibility index (Phi) is 5.17. The van der Waals surface area contributed by atoms with Crippen LogP contribution in [0.25, 0.3) is 0 Å². The van der Waals surface area contributed by atoms with Crippen molar-refractivity contribution < 1.29 is 9.53 Å². The maximum absolute atomic E-state index is 10.5. The lowest BCUT2D eigenvalue weighted by Gasteiger charge is -2.09. The van der Waals surface area contributed by atoms with Crippen LogP contribution >= 0.6 is 0 Å². The van der Waals surface area contributed by atoms with Gasteiger partial charge in [-0.3, -0.25) is 4.79 Å². The molecule has 2 nitrogen and oxygen atoms in total. The average molecular weight is 154 g/mol. The van der Waals surface area contributed by atoms with Gasteiger partial charge in [-0.05, 0) is 13.0 Å². The molecule has 0 aromatic carbocycles. The maximum atomic E-state index is 10.5. The van der Waals surface area contributed by atoms with Crippen LogP contribution in [0.15, 0.2) is 24.8 Å². The van der Waals surface area contributed by atoms with Crippen molar-refractivity contribution in [3.63, 3.8) is 0 Å². The molecule has 1 atom stereocenters.